The molecule has 0 aromatic heterocycles. The number of benzene rings is 2. The summed E-state index contributed by atoms with van der Waals surface area (Å²) in [5, 5.41) is -0.541. The molecule has 0 saturated heterocycles. The minimum absolute atomic E-state index is 0.298. The topological polar surface area (TPSA) is 9.23 Å². The van der Waals surface area contributed by atoms with Gasteiger partial charge in [0.2, 0.25) is 0 Å². The summed E-state index contributed by atoms with van der Waals surface area (Å²) < 4.78 is 19.8. The fourth-order valence-corrected chi connectivity index (χ4v) is 2.94. The van der Waals surface area contributed by atoms with Crippen molar-refractivity contribution >= 4 is 27.5 Å². The third-order valence-electron chi connectivity index (χ3n) is 2.91. The Labute approximate surface area is 125 Å². The van der Waals surface area contributed by atoms with Crippen molar-refractivity contribution in [3.05, 3.63) is 63.4 Å². The zero-order valence-corrected chi connectivity index (χ0v) is 12.9. The van der Waals surface area contributed by atoms with Crippen LogP contribution in [0.15, 0.2) is 40.9 Å². The molecule has 0 fully saturated rings. The number of halogens is 3. The van der Waals surface area contributed by atoms with Gasteiger partial charge in [-0.3, -0.25) is 0 Å². The molecule has 0 radical (unpaired) electrons. The third kappa shape index (κ3) is 3.10. The van der Waals surface area contributed by atoms with Crippen LogP contribution in [0, 0.1) is 12.7 Å². The van der Waals surface area contributed by atoms with Crippen LogP contribution in [0.2, 0.25) is 0 Å². The van der Waals surface area contributed by atoms with Crippen molar-refractivity contribution in [1.29, 1.82) is 0 Å². The first-order valence-corrected chi connectivity index (χ1v) is 6.99. The van der Waals surface area contributed by atoms with E-state index in [1.807, 2.05) is 25.1 Å². The predicted octanol–water partition coefficient (Wildman–Crippen LogP) is 5.23. The van der Waals surface area contributed by atoms with Crippen LogP contribution in [0.4, 0.5) is 4.39 Å². The number of aryl methyl sites for hydroxylation is 1. The fourth-order valence-electron chi connectivity index (χ4n) is 1.87. The molecule has 1 atom stereocenters. The Kier molecular flexibility index (Phi) is 4.48. The number of rotatable bonds is 3. The number of hydrogen-bond acceptors (Lipinski definition) is 1. The molecule has 0 N–H and O–H groups in total. The highest BCUT2D eigenvalue weighted by Gasteiger charge is 2.18. The van der Waals surface area contributed by atoms with Crippen LogP contribution in [-0.2, 0) is 0 Å². The minimum Gasteiger partial charge on any atom is -0.497 e. The summed E-state index contributed by atoms with van der Waals surface area (Å²) in [5.74, 6) is 0.428. The Bertz CT molecular complexity index is 601. The van der Waals surface area contributed by atoms with Crippen molar-refractivity contribution in [1.82, 2.24) is 0 Å². The highest BCUT2D eigenvalue weighted by atomic mass is 79.9. The zero-order valence-electron chi connectivity index (χ0n) is 10.6. The van der Waals surface area contributed by atoms with Gasteiger partial charge in [0, 0.05) is 10.0 Å². The smallest absolute Gasteiger partial charge is 0.128 e. The second kappa shape index (κ2) is 5.93. The molecule has 1 nitrogen and oxygen atoms in total. The van der Waals surface area contributed by atoms with Crippen molar-refractivity contribution in [3.63, 3.8) is 0 Å². The van der Waals surface area contributed by atoms with Gasteiger partial charge in [-0.2, -0.15) is 0 Å². The van der Waals surface area contributed by atoms with Gasteiger partial charge in [-0.25, -0.2) is 4.39 Å². The first-order valence-electron chi connectivity index (χ1n) is 5.76. The minimum atomic E-state index is -0.541. The summed E-state index contributed by atoms with van der Waals surface area (Å²) in [5.41, 5.74) is 2.27. The molecule has 0 amide bonds. The molecule has 19 heavy (non-hydrogen) atoms. The van der Waals surface area contributed by atoms with Crippen LogP contribution in [0.1, 0.15) is 22.1 Å². The molecule has 2 aromatic rings. The quantitative estimate of drug-likeness (QED) is 0.693. The Morgan fingerprint density at radius 1 is 1.16 bits per heavy atom. The molecule has 100 valence electrons. The van der Waals surface area contributed by atoms with Gasteiger partial charge < -0.3 is 4.74 Å². The number of ether oxygens (including phenoxy) is 1. The van der Waals surface area contributed by atoms with Gasteiger partial charge >= 0.3 is 0 Å². The van der Waals surface area contributed by atoms with Crippen molar-refractivity contribution in [2.24, 2.45) is 0 Å². The maximum atomic E-state index is 13.9. The molecule has 0 aliphatic rings. The van der Waals surface area contributed by atoms with Crippen LogP contribution >= 0.6 is 27.5 Å². The first kappa shape index (κ1) is 14.4. The normalized spacial score (nSPS) is 12.3. The van der Waals surface area contributed by atoms with Gasteiger partial charge in [0.15, 0.2) is 0 Å². The summed E-state index contributed by atoms with van der Waals surface area (Å²) in [7, 11) is 1.60. The highest BCUT2D eigenvalue weighted by molar-refractivity contribution is 9.10. The lowest BCUT2D eigenvalue weighted by atomic mass is 10.0. The van der Waals surface area contributed by atoms with Crippen molar-refractivity contribution in [3.8, 4) is 5.75 Å². The summed E-state index contributed by atoms with van der Waals surface area (Å²) >= 11 is 9.84. The summed E-state index contributed by atoms with van der Waals surface area (Å²) in [4.78, 5) is 0. The largest absolute Gasteiger partial charge is 0.497 e. The van der Waals surface area contributed by atoms with Crippen LogP contribution in [0.5, 0.6) is 5.75 Å². The number of hydrogen-bond donors (Lipinski definition) is 0. The van der Waals surface area contributed by atoms with Gasteiger partial charge in [-0.15, -0.1) is 11.6 Å². The monoisotopic (exact) mass is 342 g/mol. The predicted molar refractivity (Wildman–Crippen MR) is 79.5 cm³/mol. The van der Waals surface area contributed by atoms with E-state index in [2.05, 4.69) is 15.9 Å². The van der Waals surface area contributed by atoms with Gasteiger partial charge in [-0.1, -0.05) is 39.7 Å². The van der Waals surface area contributed by atoms with Crippen molar-refractivity contribution in [2.45, 2.75) is 12.3 Å². The van der Waals surface area contributed by atoms with E-state index in [0.29, 0.717) is 5.56 Å². The average molecular weight is 344 g/mol. The van der Waals surface area contributed by atoms with Gasteiger partial charge in [0.1, 0.15) is 11.6 Å². The molecule has 0 aliphatic carbocycles. The third-order valence-corrected chi connectivity index (χ3v) is 4.06. The van der Waals surface area contributed by atoms with E-state index in [0.717, 1.165) is 21.3 Å². The van der Waals surface area contributed by atoms with E-state index in [1.54, 1.807) is 19.2 Å². The highest BCUT2D eigenvalue weighted by Crippen LogP contribution is 2.36. The second-order valence-corrected chi connectivity index (χ2v) is 5.57. The number of methoxy groups -OCH3 is 1. The van der Waals surface area contributed by atoms with Crippen LogP contribution < -0.4 is 4.74 Å². The second-order valence-electron chi connectivity index (χ2n) is 4.27. The molecule has 0 heterocycles. The molecule has 4 heteroatoms. The van der Waals surface area contributed by atoms with Gasteiger partial charge in [0.25, 0.3) is 0 Å². The van der Waals surface area contributed by atoms with Gasteiger partial charge in [0.05, 0.1) is 12.5 Å². The summed E-state index contributed by atoms with van der Waals surface area (Å²) in [6, 6.07) is 10.4. The molecule has 0 bridgehead atoms. The molecule has 0 aliphatic heterocycles. The van der Waals surface area contributed by atoms with E-state index in [-0.39, 0.29) is 5.82 Å². The maximum Gasteiger partial charge on any atom is 0.128 e. The summed E-state index contributed by atoms with van der Waals surface area (Å²) in [6.07, 6.45) is 0. The van der Waals surface area contributed by atoms with E-state index >= 15 is 0 Å². The van der Waals surface area contributed by atoms with Crippen molar-refractivity contribution in [2.75, 3.05) is 7.11 Å². The molecule has 0 saturated carbocycles. The van der Waals surface area contributed by atoms with Gasteiger partial charge in [-0.05, 0) is 30.7 Å². The fraction of sp³-hybridized carbons (Fsp3) is 0.200. The zero-order chi connectivity index (χ0) is 14.0. The molecule has 1 unspecified atom stereocenters. The standard InChI is InChI=1S/C15H13BrClFO/c1-9-3-6-14(18)12(7-9)15(17)11-5-4-10(19-2)8-13(11)16/h3-8,15H,1-2H3. The average Bonchev–Trinajstić information content (AvgIpc) is 2.40. The Balaban J connectivity index is 2.43. The SMILES string of the molecule is COc1ccc(C(Cl)c2cc(C)ccc2F)c(Br)c1. The van der Waals surface area contributed by atoms with Crippen LogP contribution in [0.3, 0.4) is 0 Å². The Morgan fingerprint density at radius 2 is 1.89 bits per heavy atom. The van der Waals surface area contributed by atoms with Crippen LogP contribution in [0.25, 0.3) is 0 Å². The molecule has 0 spiro atoms. The molecule has 2 aromatic carbocycles. The van der Waals surface area contributed by atoms with E-state index < -0.39 is 5.38 Å². The van der Waals surface area contributed by atoms with Crippen molar-refractivity contribution < 1.29 is 9.13 Å². The lowest BCUT2D eigenvalue weighted by Crippen LogP contribution is -1.99. The molecular formula is C15H13BrClFO. The Morgan fingerprint density at radius 3 is 2.53 bits per heavy atom. The number of alkyl halides is 1. The first-order chi connectivity index (χ1) is 9.02. The molecule has 2 rings (SSSR count). The van der Waals surface area contributed by atoms with E-state index in [9.17, 15) is 4.39 Å². The van der Waals surface area contributed by atoms with E-state index in [4.69, 9.17) is 16.3 Å². The lowest BCUT2D eigenvalue weighted by molar-refractivity contribution is 0.414. The lowest BCUT2D eigenvalue weighted by Gasteiger charge is -2.14. The summed E-state index contributed by atoms with van der Waals surface area (Å²) in [6.45, 7) is 1.91. The van der Waals surface area contributed by atoms with E-state index in [1.165, 1.54) is 6.07 Å². The molecular weight excluding hydrogens is 331 g/mol. The van der Waals surface area contributed by atoms with Crippen LogP contribution in [-0.4, -0.2) is 7.11 Å². The maximum absolute atomic E-state index is 13.9. The Hall–Kier alpha value is -1.06.